The first-order valence-electron chi connectivity index (χ1n) is 9.83. The molecule has 0 fully saturated rings. The van der Waals surface area contributed by atoms with Gasteiger partial charge in [-0.05, 0) is 54.3 Å². The van der Waals surface area contributed by atoms with Crippen LogP contribution in [0.1, 0.15) is 29.7 Å². The Morgan fingerprint density at radius 2 is 1.80 bits per heavy atom. The van der Waals surface area contributed by atoms with Crippen molar-refractivity contribution in [1.29, 1.82) is 0 Å². The molecule has 156 valence electrons. The van der Waals surface area contributed by atoms with Crippen molar-refractivity contribution in [1.82, 2.24) is 25.0 Å². The number of aromatic nitrogens is 3. The van der Waals surface area contributed by atoms with Crippen molar-refractivity contribution < 1.29 is 14.3 Å². The van der Waals surface area contributed by atoms with Crippen LogP contribution in [0.3, 0.4) is 0 Å². The third-order valence-corrected chi connectivity index (χ3v) is 5.42. The number of urea groups is 1. The zero-order valence-corrected chi connectivity index (χ0v) is 17.3. The van der Waals surface area contributed by atoms with Crippen LogP contribution in [-0.2, 0) is 13.0 Å². The summed E-state index contributed by atoms with van der Waals surface area (Å²) in [6.45, 7) is 3.18. The molecule has 2 aromatic carbocycles. The highest BCUT2D eigenvalue weighted by atomic mass is 16.5. The standard InChI is InChI=1S/C22H25N5O3/c1-15(16-4-6-19(7-5-16)27-14-23-13-24-27)25-22(28)26-9-8-17-10-20(29-2)21(30-3)11-18(17)12-26/h4-7,10-11,13-15H,8-9,12H2,1-3H3,(H,25,28). The first-order chi connectivity index (χ1) is 14.6. The molecule has 1 unspecified atom stereocenters. The lowest BCUT2D eigenvalue weighted by molar-refractivity contribution is 0.189. The second-order valence-electron chi connectivity index (χ2n) is 7.25. The summed E-state index contributed by atoms with van der Waals surface area (Å²) in [7, 11) is 3.25. The molecule has 1 N–H and O–H groups in total. The number of hydrogen-bond donors (Lipinski definition) is 1. The van der Waals surface area contributed by atoms with Gasteiger partial charge in [0.05, 0.1) is 25.9 Å². The molecule has 2 heterocycles. The SMILES string of the molecule is COc1cc2c(cc1OC)CN(C(=O)NC(C)c1ccc(-n3cncn3)cc1)CC2. The third kappa shape index (κ3) is 3.94. The van der Waals surface area contributed by atoms with E-state index in [-0.39, 0.29) is 12.1 Å². The van der Waals surface area contributed by atoms with Crippen molar-refractivity contribution in [3.63, 3.8) is 0 Å². The number of amides is 2. The Balaban J connectivity index is 1.42. The van der Waals surface area contributed by atoms with Gasteiger partial charge >= 0.3 is 6.03 Å². The number of nitrogens with zero attached hydrogens (tertiary/aromatic N) is 4. The Hall–Kier alpha value is -3.55. The molecule has 0 saturated heterocycles. The molecule has 0 spiro atoms. The Kier molecular flexibility index (Phi) is 5.56. The number of fused-ring (bicyclic) bond motifs is 1. The van der Waals surface area contributed by atoms with Crippen LogP contribution in [0.2, 0.25) is 0 Å². The molecule has 1 aliphatic heterocycles. The van der Waals surface area contributed by atoms with Gasteiger partial charge in [0, 0.05) is 13.1 Å². The maximum absolute atomic E-state index is 12.9. The molecule has 1 aromatic heterocycles. The highest BCUT2D eigenvalue weighted by molar-refractivity contribution is 5.75. The molecule has 2 amide bonds. The summed E-state index contributed by atoms with van der Waals surface area (Å²) >= 11 is 0. The lowest BCUT2D eigenvalue weighted by Gasteiger charge is -2.31. The molecule has 8 heteroatoms. The fourth-order valence-corrected chi connectivity index (χ4v) is 3.67. The lowest BCUT2D eigenvalue weighted by atomic mass is 9.99. The number of methoxy groups -OCH3 is 2. The number of nitrogens with one attached hydrogen (secondary N) is 1. The number of carbonyl (C=O) groups is 1. The van der Waals surface area contributed by atoms with E-state index in [9.17, 15) is 4.79 Å². The summed E-state index contributed by atoms with van der Waals surface area (Å²) in [5, 5.41) is 7.22. The Labute approximate surface area is 175 Å². The maximum atomic E-state index is 12.9. The second-order valence-corrected chi connectivity index (χ2v) is 7.25. The maximum Gasteiger partial charge on any atom is 0.318 e. The first-order valence-corrected chi connectivity index (χ1v) is 9.83. The number of benzene rings is 2. The average molecular weight is 407 g/mol. The molecule has 3 aromatic rings. The van der Waals surface area contributed by atoms with Crippen molar-refractivity contribution in [3.8, 4) is 17.2 Å². The van der Waals surface area contributed by atoms with E-state index in [0.29, 0.717) is 18.8 Å². The van der Waals surface area contributed by atoms with Crippen molar-refractivity contribution in [2.75, 3.05) is 20.8 Å². The van der Waals surface area contributed by atoms with E-state index in [1.165, 1.54) is 11.9 Å². The average Bonchev–Trinajstić information content (AvgIpc) is 3.32. The van der Waals surface area contributed by atoms with E-state index in [2.05, 4.69) is 15.4 Å². The third-order valence-electron chi connectivity index (χ3n) is 5.42. The Morgan fingerprint density at radius 3 is 2.43 bits per heavy atom. The van der Waals surface area contributed by atoms with Gasteiger partial charge < -0.3 is 19.7 Å². The van der Waals surface area contributed by atoms with Crippen LogP contribution in [0.15, 0.2) is 49.1 Å². The van der Waals surface area contributed by atoms with Gasteiger partial charge in [0.1, 0.15) is 12.7 Å². The number of rotatable bonds is 5. The van der Waals surface area contributed by atoms with E-state index in [4.69, 9.17) is 9.47 Å². The van der Waals surface area contributed by atoms with Gasteiger partial charge in [0.2, 0.25) is 0 Å². The molecule has 30 heavy (non-hydrogen) atoms. The molecule has 8 nitrogen and oxygen atoms in total. The zero-order chi connectivity index (χ0) is 21.1. The van der Waals surface area contributed by atoms with Gasteiger partial charge in [0.15, 0.2) is 11.5 Å². The largest absolute Gasteiger partial charge is 0.493 e. The molecule has 1 aliphatic rings. The minimum Gasteiger partial charge on any atom is -0.493 e. The molecule has 0 saturated carbocycles. The van der Waals surface area contributed by atoms with Crippen molar-refractivity contribution in [2.45, 2.75) is 25.9 Å². The van der Waals surface area contributed by atoms with Gasteiger partial charge in [-0.1, -0.05) is 12.1 Å². The summed E-state index contributed by atoms with van der Waals surface area (Å²) in [6, 6.07) is 11.7. The summed E-state index contributed by atoms with van der Waals surface area (Å²) in [5.74, 6) is 1.40. The highest BCUT2D eigenvalue weighted by Crippen LogP contribution is 2.33. The lowest BCUT2D eigenvalue weighted by Crippen LogP contribution is -2.43. The van der Waals surface area contributed by atoms with Crippen molar-refractivity contribution in [2.24, 2.45) is 0 Å². The summed E-state index contributed by atoms with van der Waals surface area (Å²) in [5.41, 5.74) is 4.22. The highest BCUT2D eigenvalue weighted by Gasteiger charge is 2.24. The minimum absolute atomic E-state index is 0.0803. The molecule has 0 bridgehead atoms. The van der Waals surface area contributed by atoms with E-state index >= 15 is 0 Å². The van der Waals surface area contributed by atoms with Gasteiger partial charge in [-0.3, -0.25) is 0 Å². The topological polar surface area (TPSA) is 81.5 Å². The minimum atomic E-state index is -0.117. The van der Waals surface area contributed by atoms with Crippen LogP contribution in [0.5, 0.6) is 11.5 Å². The van der Waals surface area contributed by atoms with Crippen LogP contribution >= 0.6 is 0 Å². The predicted molar refractivity (Wildman–Crippen MR) is 112 cm³/mol. The van der Waals surface area contributed by atoms with Gasteiger partial charge in [-0.25, -0.2) is 14.5 Å². The first kappa shape index (κ1) is 19.8. The molecule has 1 atom stereocenters. The van der Waals surface area contributed by atoms with Gasteiger partial charge in [-0.15, -0.1) is 0 Å². The summed E-state index contributed by atoms with van der Waals surface area (Å²) in [4.78, 5) is 18.6. The summed E-state index contributed by atoms with van der Waals surface area (Å²) < 4.78 is 12.5. The van der Waals surface area contributed by atoms with Crippen LogP contribution in [0, 0.1) is 0 Å². The van der Waals surface area contributed by atoms with Crippen LogP contribution in [-0.4, -0.2) is 46.5 Å². The van der Waals surface area contributed by atoms with E-state index in [0.717, 1.165) is 29.0 Å². The number of ether oxygens (including phenoxy) is 2. The second kappa shape index (κ2) is 8.44. The fourth-order valence-electron chi connectivity index (χ4n) is 3.67. The van der Waals surface area contributed by atoms with Crippen LogP contribution in [0.4, 0.5) is 4.79 Å². The quantitative estimate of drug-likeness (QED) is 0.703. The van der Waals surface area contributed by atoms with E-state index in [1.807, 2.05) is 48.2 Å². The van der Waals surface area contributed by atoms with Crippen molar-refractivity contribution >= 4 is 6.03 Å². The molecule has 4 rings (SSSR count). The normalized spacial score (nSPS) is 14.0. The summed E-state index contributed by atoms with van der Waals surface area (Å²) in [6.07, 6.45) is 3.93. The zero-order valence-electron chi connectivity index (χ0n) is 17.3. The van der Waals surface area contributed by atoms with Crippen LogP contribution in [0.25, 0.3) is 5.69 Å². The predicted octanol–water partition coefficient (Wildman–Crippen LogP) is 3.11. The molecule has 0 radical (unpaired) electrons. The Morgan fingerprint density at radius 1 is 1.10 bits per heavy atom. The molecular weight excluding hydrogens is 382 g/mol. The fraction of sp³-hybridized carbons (Fsp3) is 0.318. The van der Waals surface area contributed by atoms with E-state index in [1.54, 1.807) is 25.2 Å². The number of hydrogen-bond acceptors (Lipinski definition) is 5. The molecular formula is C22H25N5O3. The van der Waals surface area contributed by atoms with Crippen LogP contribution < -0.4 is 14.8 Å². The monoisotopic (exact) mass is 407 g/mol. The number of carbonyl (C=O) groups excluding carboxylic acids is 1. The van der Waals surface area contributed by atoms with Crippen molar-refractivity contribution in [3.05, 3.63) is 65.7 Å². The molecule has 0 aliphatic carbocycles. The van der Waals surface area contributed by atoms with Gasteiger partial charge in [0.25, 0.3) is 0 Å². The van der Waals surface area contributed by atoms with Gasteiger partial charge in [-0.2, -0.15) is 5.10 Å². The van der Waals surface area contributed by atoms with E-state index < -0.39 is 0 Å². The smallest absolute Gasteiger partial charge is 0.318 e. The Bertz CT molecular complexity index is 1020.